The minimum atomic E-state index is -1.16. The molecule has 0 aliphatic rings. The van der Waals surface area contributed by atoms with E-state index in [1.807, 2.05) is 13.8 Å². The van der Waals surface area contributed by atoms with E-state index in [-0.39, 0.29) is 5.92 Å². The molecule has 0 aromatic carbocycles. The molecule has 2 atom stereocenters. The average molecular weight is 246 g/mol. The molecule has 0 aliphatic carbocycles. The van der Waals surface area contributed by atoms with Crippen molar-refractivity contribution in [3.8, 4) is 11.8 Å². The van der Waals surface area contributed by atoms with Crippen LogP contribution in [0.25, 0.3) is 0 Å². The van der Waals surface area contributed by atoms with Crippen LogP contribution in [0.5, 0.6) is 0 Å². The van der Waals surface area contributed by atoms with E-state index in [1.54, 1.807) is 12.4 Å². The van der Waals surface area contributed by atoms with E-state index in [9.17, 15) is 5.11 Å². The lowest BCUT2D eigenvalue weighted by Crippen LogP contribution is -2.30. The second-order valence-electron chi connectivity index (χ2n) is 5.07. The van der Waals surface area contributed by atoms with Crippen molar-refractivity contribution >= 4 is 0 Å². The van der Waals surface area contributed by atoms with Crippen LogP contribution >= 0.6 is 0 Å². The zero-order valence-electron chi connectivity index (χ0n) is 11.6. The summed E-state index contributed by atoms with van der Waals surface area (Å²) in [6.45, 7) is 8.20. The van der Waals surface area contributed by atoms with E-state index in [0.717, 1.165) is 12.8 Å². The fraction of sp³-hybridized carbons (Fsp3) is 0.600. The first-order chi connectivity index (χ1) is 8.50. The summed E-state index contributed by atoms with van der Waals surface area (Å²) in [6.07, 6.45) is 6.62. The van der Waals surface area contributed by atoms with Crippen molar-refractivity contribution in [1.82, 2.24) is 9.97 Å². The summed E-state index contributed by atoms with van der Waals surface area (Å²) < 4.78 is 0. The van der Waals surface area contributed by atoms with Gasteiger partial charge in [0, 0.05) is 24.4 Å². The summed E-state index contributed by atoms with van der Waals surface area (Å²) >= 11 is 0. The van der Waals surface area contributed by atoms with Gasteiger partial charge in [0.2, 0.25) is 0 Å². The third-order valence-corrected chi connectivity index (χ3v) is 3.26. The topological polar surface area (TPSA) is 46.0 Å². The van der Waals surface area contributed by atoms with Gasteiger partial charge in [0.05, 0.1) is 0 Å². The SMILES string of the molecule is CCC(C)CC#CC(O)(c1cncnc1)C(C)C. The maximum absolute atomic E-state index is 10.7. The fourth-order valence-corrected chi connectivity index (χ4v) is 1.55. The first-order valence-electron chi connectivity index (χ1n) is 6.48. The molecule has 3 nitrogen and oxygen atoms in total. The Kier molecular flexibility index (Phi) is 5.30. The van der Waals surface area contributed by atoms with Gasteiger partial charge in [-0.2, -0.15) is 0 Å². The number of rotatable bonds is 4. The van der Waals surface area contributed by atoms with E-state index in [1.165, 1.54) is 6.33 Å². The van der Waals surface area contributed by atoms with Crippen molar-refractivity contribution in [2.24, 2.45) is 11.8 Å². The highest BCUT2D eigenvalue weighted by Crippen LogP contribution is 2.27. The van der Waals surface area contributed by atoms with Gasteiger partial charge in [-0.25, -0.2) is 9.97 Å². The molecule has 1 rings (SSSR count). The summed E-state index contributed by atoms with van der Waals surface area (Å²) in [5.41, 5.74) is -0.494. The average Bonchev–Trinajstić information content (AvgIpc) is 2.39. The van der Waals surface area contributed by atoms with E-state index >= 15 is 0 Å². The van der Waals surface area contributed by atoms with Crippen LogP contribution in [-0.2, 0) is 5.60 Å². The molecule has 0 fully saturated rings. The van der Waals surface area contributed by atoms with Gasteiger partial charge in [0.15, 0.2) is 5.60 Å². The van der Waals surface area contributed by atoms with Crippen LogP contribution in [0.2, 0.25) is 0 Å². The van der Waals surface area contributed by atoms with Crippen molar-refractivity contribution in [3.63, 3.8) is 0 Å². The molecule has 0 amide bonds. The van der Waals surface area contributed by atoms with Crippen molar-refractivity contribution in [2.45, 2.75) is 46.1 Å². The molecule has 0 spiro atoms. The lowest BCUT2D eigenvalue weighted by atomic mass is 9.85. The molecule has 18 heavy (non-hydrogen) atoms. The molecule has 0 saturated heterocycles. The minimum Gasteiger partial charge on any atom is -0.373 e. The molecule has 0 bridgehead atoms. The van der Waals surface area contributed by atoms with Gasteiger partial charge in [-0.3, -0.25) is 0 Å². The standard InChI is InChI=1S/C15H22N2O/c1-5-13(4)7-6-8-15(18,12(2)3)14-9-16-11-17-10-14/h9-13,18H,5,7H2,1-4H3. The van der Waals surface area contributed by atoms with Crippen LogP contribution < -0.4 is 0 Å². The maximum Gasteiger partial charge on any atom is 0.156 e. The molecule has 0 saturated carbocycles. The van der Waals surface area contributed by atoms with Crippen LogP contribution in [0.1, 0.15) is 46.1 Å². The van der Waals surface area contributed by atoms with Crippen LogP contribution in [0.4, 0.5) is 0 Å². The molecule has 3 heteroatoms. The Balaban J connectivity index is 2.95. The predicted molar refractivity (Wildman–Crippen MR) is 72.6 cm³/mol. The Bertz CT molecular complexity index is 419. The zero-order chi connectivity index (χ0) is 13.6. The molecule has 1 aromatic heterocycles. The van der Waals surface area contributed by atoms with Crippen LogP contribution in [-0.4, -0.2) is 15.1 Å². The normalized spacial score (nSPS) is 15.7. The Labute approximate surface area is 110 Å². The van der Waals surface area contributed by atoms with Crippen molar-refractivity contribution < 1.29 is 5.11 Å². The van der Waals surface area contributed by atoms with Gasteiger partial charge in [-0.05, 0) is 11.8 Å². The van der Waals surface area contributed by atoms with Gasteiger partial charge in [0.1, 0.15) is 6.33 Å². The number of hydrogen-bond acceptors (Lipinski definition) is 3. The molecule has 98 valence electrons. The van der Waals surface area contributed by atoms with E-state index in [2.05, 4.69) is 35.7 Å². The summed E-state index contributed by atoms with van der Waals surface area (Å²) in [5, 5.41) is 10.7. The molecule has 0 radical (unpaired) electrons. The lowest BCUT2D eigenvalue weighted by molar-refractivity contribution is 0.0495. The third-order valence-electron chi connectivity index (χ3n) is 3.26. The van der Waals surface area contributed by atoms with Crippen molar-refractivity contribution in [2.75, 3.05) is 0 Å². The molecular weight excluding hydrogens is 224 g/mol. The highest BCUT2D eigenvalue weighted by atomic mass is 16.3. The number of aromatic nitrogens is 2. The minimum absolute atomic E-state index is 0.00654. The van der Waals surface area contributed by atoms with E-state index in [4.69, 9.17) is 0 Å². The van der Waals surface area contributed by atoms with Crippen molar-refractivity contribution in [3.05, 3.63) is 24.3 Å². The molecule has 1 aromatic rings. The Hall–Kier alpha value is -1.40. The van der Waals surface area contributed by atoms with Crippen LogP contribution in [0.15, 0.2) is 18.7 Å². The van der Waals surface area contributed by atoms with Crippen molar-refractivity contribution in [1.29, 1.82) is 0 Å². The van der Waals surface area contributed by atoms with Crippen LogP contribution in [0.3, 0.4) is 0 Å². The quantitative estimate of drug-likeness (QED) is 0.831. The predicted octanol–water partition coefficient (Wildman–Crippen LogP) is 2.76. The zero-order valence-corrected chi connectivity index (χ0v) is 11.6. The number of hydrogen-bond donors (Lipinski definition) is 1. The van der Waals surface area contributed by atoms with Gasteiger partial charge in [-0.1, -0.05) is 46.0 Å². The van der Waals surface area contributed by atoms with Crippen LogP contribution in [0, 0.1) is 23.7 Å². The Morgan fingerprint density at radius 1 is 1.28 bits per heavy atom. The molecular formula is C15H22N2O. The van der Waals surface area contributed by atoms with Gasteiger partial charge in [0.25, 0.3) is 0 Å². The van der Waals surface area contributed by atoms with E-state index < -0.39 is 5.60 Å². The van der Waals surface area contributed by atoms with Gasteiger partial charge in [-0.15, -0.1) is 0 Å². The molecule has 0 aliphatic heterocycles. The first kappa shape index (κ1) is 14.7. The molecule has 2 unspecified atom stereocenters. The first-order valence-corrected chi connectivity index (χ1v) is 6.48. The third kappa shape index (κ3) is 3.54. The summed E-state index contributed by atoms with van der Waals surface area (Å²) in [6, 6.07) is 0. The molecule has 1 N–H and O–H groups in total. The summed E-state index contributed by atoms with van der Waals surface area (Å²) in [7, 11) is 0. The fourth-order valence-electron chi connectivity index (χ4n) is 1.55. The van der Waals surface area contributed by atoms with Gasteiger partial charge < -0.3 is 5.11 Å². The summed E-state index contributed by atoms with van der Waals surface area (Å²) in [5.74, 6) is 6.65. The lowest BCUT2D eigenvalue weighted by Gasteiger charge is -2.26. The van der Waals surface area contributed by atoms with Gasteiger partial charge >= 0.3 is 0 Å². The smallest absolute Gasteiger partial charge is 0.156 e. The summed E-state index contributed by atoms with van der Waals surface area (Å²) in [4.78, 5) is 7.91. The highest BCUT2D eigenvalue weighted by molar-refractivity contribution is 5.28. The largest absolute Gasteiger partial charge is 0.373 e. The molecule has 1 heterocycles. The second kappa shape index (κ2) is 6.51. The second-order valence-corrected chi connectivity index (χ2v) is 5.07. The number of aliphatic hydroxyl groups is 1. The highest BCUT2D eigenvalue weighted by Gasteiger charge is 2.31. The Morgan fingerprint density at radius 2 is 1.89 bits per heavy atom. The maximum atomic E-state index is 10.7. The number of nitrogens with zero attached hydrogens (tertiary/aromatic N) is 2. The Morgan fingerprint density at radius 3 is 2.39 bits per heavy atom. The monoisotopic (exact) mass is 246 g/mol. The van der Waals surface area contributed by atoms with E-state index in [0.29, 0.717) is 11.5 Å².